The highest BCUT2D eigenvalue weighted by molar-refractivity contribution is 7.85. The van der Waals surface area contributed by atoms with E-state index in [1.54, 1.807) is 18.2 Å². The molecule has 202 valence electrons. The molecule has 2 N–H and O–H groups in total. The first-order chi connectivity index (χ1) is 18.7. The minimum atomic E-state index is -0.861. The first kappa shape index (κ1) is 27.0. The fraction of sp³-hybridized carbons (Fsp3) is 0.310. The molecule has 0 saturated carbocycles. The molecule has 4 aromatic rings. The Kier molecular flexibility index (Phi) is 7.81. The standard InChI is InChI=1S/C29H29ClN4O4S/c1-16-11-19(12-17(2)18(16)3)26-27(38-9-7-20-5-4-10-39(20)37)22-13-21(23(30)14-24(22)33-29(26)36)28(35)34-25-6-8-31-15-32-25/h6,8,11-15,20H,4-5,7,9-10H2,1-3H3,(H,33,36)(H,31,32,34,35). The van der Waals surface area contributed by atoms with Crippen LogP contribution in [0.3, 0.4) is 0 Å². The Balaban J connectivity index is 1.63. The number of hydrogen-bond donors (Lipinski definition) is 2. The van der Waals surface area contributed by atoms with E-state index in [1.807, 2.05) is 32.9 Å². The number of nitrogens with one attached hydrogen (secondary N) is 2. The number of carbonyl (C=O) groups excluding carboxylic acids is 1. The van der Waals surface area contributed by atoms with Gasteiger partial charge in [-0.15, -0.1) is 0 Å². The van der Waals surface area contributed by atoms with Crippen LogP contribution in [0.5, 0.6) is 5.75 Å². The summed E-state index contributed by atoms with van der Waals surface area (Å²) in [5.74, 6) is 0.963. The quantitative estimate of drug-likeness (QED) is 0.306. The van der Waals surface area contributed by atoms with E-state index in [-0.39, 0.29) is 28.0 Å². The fourth-order valence-electron chi connectivity index (χ4n) is 4.92. The lowest BCUT2D eigenvalue weighted by Crippen LogP contribution is -2.17. The molecule has 2 aromatic carbocycles. The SMILES string of the molecule is Cc1cc(-c2c(OCCC3CCCS3=O)c3cc(C(=O)Nc4ccncn4)c(Cl)cc3[nH]c2=O)cc(C)c1C. The van der Waals surface area contributed by atoms with Gasteiger partial charge in [0.15, 0.2) is 0 Å². The molecule has 8 nitrogen and oxygen atoms in total. The van der Waals surface area contributed by atoms with Gasteiger partial charge in [0, 0.05) is 33.4 Å². The average molecular weight is 565 g/mol. The fourth-order valence-corrected chi connectivity index (χ4v) is 6.74. The van der Waals surface area contributed by atoms with E-state index in [9.17, 15) is 13.8 Å². The third-order valence-electron chi connectivity index (χ3n) is 7.27. The van der Waals surface area contributed by atoms with Gasteiger partial charge in [0.05, 0.1) is 28.3 Å². The van der Waals surface area contributed by atoms with Crippen LogP contribution in [0.15, 0.2) is 47.7 Å². The molecule has 1 saturated heterocycles. The van der Waals surface area contributed by atoms with Crippen molar-refractivity contribution in [1.29, 1.82) is 0 Å². The third kappa shape index (κ3) is 5.60. The summed E-state index contributed by atoms with van der Waals surface area (Å²) >= 11 is 6.50. The van der Waals surface area contributed by atoms with E-state index in [0.29, 0.717) is 34.5 Å². The zero-order valence-electron chi connectivity index (χ0n) is 22.0. The summed E-state index contributed by atoms with van der Waals surface area (Å²) in [4.78, 5) is 37.5. The molecule has 0 aliphatic carbocycles. The number of aryl methyl sites for hydroxylation is 2. The van der Waals surface area contributed by atoms with Gasteiger partial charge >= 0.3 is 0 Å². The second kappa shape index (κ2) is 11.3. The molecule has 1 fully saturated rings. The lowest BCUT2D eigenvalue weighted by molar-refractivity contribution is 0.102. The van der Waals surface area contributed by atoms with Gasteiger partial charge < -0.3 is 15.0 Å². The van der Waals surface area contributed by atoms with Gasteiger partial charge in [0.2, 0.25) is 0 Å². The van der Waals surface area contributed by atoms with E-state index in [1.165, 1.54) is 12.5 Å². The minimum absolute atomic E-state index is 0.0780. The van der Waals surface area contributed by atoms with E-state index < -0.39 is 16.7 Å². The zero-order chi connectivity index (χ0) is 27.7. The smallest absolute Gasteiger partial charge is 0.260 e. The lowest BCUT2D eigenvalue weighted by atomic mass is 9.95. The molecule has 10 heteroatoms. The molecule has 0 spiro atoms. The molecule has 5 rings (SSSR count). The van der Waals surface area contributed by atoms with Gasteiger partial charge in [-0.1, -0.05) is 23.7 Å². The summed E-state index contributed by atoms with van der Waals surface area (Å²) in [6.45, 7) is 6.35. The molecule has 2 unspecified atom stereocenters. The Morgan fingerprint density at radius 3 is 2.64 bits per heavy atom. The predicted octanol–water partition coefficient (Wildman–Crippen LogP) is 5.50. The lowest BCUT2D eigenvalue weighted by Gasteiger charge is -2.18. The summed E-state index contributed by atoms with van der Waals surface area (Å²) in [5, 5.41) is 3.52. The van der Waals surface area contributed by atoms with Crippen LogP contribution in [0.1, 0.15) is 46.3 Å². The van der Waals surface area contributed by atoms with Crippen LogP contribution in [0.4, 0.5) is 5.82 Å². The number of H-pyrrole nitrogens is 1. The van der Waals surface area contributed by atoms with Crippen molar-refractivity contribution in [3.8, 4) is 16.9 Å². The summed E-state index contributed by atoms with van der Waals surface area (Å²) in [6, 6.07) is 8.70. The first-order valence-electron chi connectivity index (χ1n) is 12.8. The zero-order valence-corrected chi connectivity index (χ0v) is 23.5. The van der Waals surface area contributed by atoms with Crippen LogP contribution in [-0.2, 0) is 10.8 Å². The highest BCUT2D eigenvalue weighted by atomic mass is 35.5. The van der Waals surface area contributed by atoms with E-state index >= 15 is 0 Å². The molecule has 1 amide bonds. The van der Waals surface area contributed by atoms with Crippen LogP contribution in [0, 0.1) is 20.8 Å². The van der Waals surface area contributed by atoms with Crippen LogP contribution in [-0.4, -0.2) is 42.7 Å². The van der Waals surface area contributed by atoms with E-state index in [2.05, 4.69) is 20.3 Å². The Bertz CT molecular complexity index is 1630. The number of ether oxygens (including phenoxy) is 1. The largest absolute Gasteiger partial charge is 0.492 e. The number of rotatable bonds is 7. The highest BCUT2D eigenvalue weighted by Crippen LogP contribution is 2.37. The summed E-state index contributed by atoms with van der Waals surface area (Å²) in [7, 11) is -0.861. The number of pyridine rings is 1. The van der Waals surface area contributed by atoms with Gasteiger partial charge in [0.25, 0.3) is 11.5 Å². The number of hydrogen-bond acceptors (Lipinski definition) is 6. The molecule has 0 bridgehead atoms. The molecule has 2 atom stereocenters. The Morgan fingerprint density at radius 1 is 1.21 bits per heavy atom. The summed E-state index contributed by atoms with van der Waals surface area (Å²) in [6.07, 6.45) is 5.32. The number of anilines is 1. The van der Waals surface area contributed by atoms with Crippen LogP contribution in [0.2, 0.25) is 5.02 Å². The monoisotopic (exact) mass is 564 g/mol. The van der Waals surface area contributed by atoms with Gasteiger partial charge in [-0.2, -0.15) is 0 Å². The van der Waals surface area contributed by atoms with Crippen LogP contribution in [0.25, 0.3) is 22.0 Å². The normalized spacial score (nSPS) is 16.9. The number of fused-ring (bicyclic) bond motifs is 1. The maximum absolute atomic E-state index is 13.5. The van der Waals surface area contributed by atoms with Crippen molar-refractivity contribution < 1.29 is 13.7 Å². The maximum Gasteiger partial charge on any atom is 0.260 e. The number of amides is 1. The topological polar surface area (TPSA) is 114 Å². The van der Waals surface area contributed by atoms with Crippen molar-refractivity contribution in [1.82, 2.24) is 15.0 Å². The van der Waals surface area contributed by atoms with Crippen molar-refractivity contribution in [2.75, 3.05) is 17.7 Å². The van der Waals surface area contributed by atoms with Crippen molar-refractivity contribution in [3.63, 3.8) is 0 Å². The molecular weight excluding hydrogens is 536 g/mol. The summed E-state index contributed by atoms with van der Waals surface area (Å²) in [5.41, 5.74) is 4.70. The maximum atomic E-state index is 13.5. The molecule has 1 aliphatic heterocycles. The number of benzene rings is 2. The Labute approximate surface area is 233 Å². The molecule has 2 aromatic heterocycles. The molecular formula is C29H29ClN4O4S. The van der Waals surface area contributed by atoms with Crippen LogP contribution < -0.4 is 15.6 Å². The minimum Gasteiger partial charge on any atom is -0.492 e. The van der Waals surface area contributed by atoms with Gasteiger partial charge in [-0.3, -0.25) is 13.8 Å². The van der Waals surface area contributed by atoms with Crippen molar-refractivity contribution in [3.05, 3.63) is 80.5 Å². The average Bonchev–Trinajstić information content (AvgIpc) is 3.31. The van der Waals surface area contributed by atoms with Crippen molar-refractivity contribution >= 4 is 45.0 Å². The van der Waals surface area contributed by atoms with Crippen LogP contribution >= 0.6 is 11.6 Å². The molecule has 39 heavy (non-hydrogen) atoms. The second-order valence-electron chi connectivity index (χ2n) is 9.81. The predicted molar refractivity (Wildman–Crippen MR) is 155 cm³/mol. The molecule has 0 radical (unpaired) electrons. The van der Waals surface area contributed by atoms with E-state index in [0.717, 1.165) is 40.8 Å². The number of nitrogens with zero attached hydrogens (tertiary/aromatic N) is 2. The first-order valence-corrected chi connectivity index (χ1v) is 14.5. The number of carbonyl (C=O) groups is 1. The van der Waals surface area contributed by atoms with Gasteiger partial charge in [0.1, 0.15) is 17.9 Å². The van der Waals surface area contributed by atoms with E-state index in [4.69, 9.17) is 16.3 Å². The van der Waals surface area contributed by atoms with Gasteiger partial charge in [-0.25, -0.2) is 9.97 Å². The number of aromatic nitrogens is 3. The molecule has 1 aliphatic rings. The van der Waals surface area contributed by atoms with Gasteiger partial charge in [-0.05, 0) is 80.5 Å². The number of halogens is 1. The van der Waals surface area contributed by atoms with Crippen molar-refractivity contribution in [2.45, 2.75) is 45.3 Å². The number of aromatic amines is 1. The Morgan fingerprint density at radius 2 is 1.97 bits per heavy atom. The Hall–Kier alpha value is -3.56. The third-order valence-corrected chi connectivity index (χ3v) is 9.49. The van der Waals surface area contributed by atoms with Crippen molar-refractivity contribution in [2.24, 2.45) is 0 Å². The molecule has 3 heterocycles. The second-order valence-corrected chi connectivity index (χ2v) is 12.0. The highest BCUT2D eigenvalue weighted by Gasteiger charge is 2.25. The summed E-state index contributed by atoms with van der Waals surface area (Å²) < 4.78 is 18.7.